The van der Waals surface area contributed by atoms with Gasteiger partial charge in [0.25, 0.3) is 0 Å². The van der Waals surface area contributed by atoms with Gasteiger partial charge in [-0.1, -0.05) is 5.21 Å². The van der Waals surface area contributed by atoms with Crippen LogP contribution in [0.5, 0.6) is 0 Å². The summed E-state index contributed by atoms with van der Waals surface area (Å²) in [6.45, 7) is 0.927. The molecule has 0 aliphatic carbocycles. The zero-order valence-corrected chi connectivity index (χ0v) is 10.7. The molecule has 2 aromatic heterocycles. The van der Waals surface area contributed by atoms with Gasteiger partial charge in [0.1, 0.15) is 12.9 Å². The topological polar surface area (TPSA) is 117 Å². The first-order chi connectivity index (χ1) is 9.17. The molecule has 0 bridgehead atoms. The van der Waals surface area contributed by atoms with E-state index in [0.29, 0.717) is 31.0 Å². The second kappa shape index (κ2) is 6.05. The Balaban J connectivity index is 1.72. The van der Waals surface area contributed by atoms with E-state index in [4.69, 9.17) is 5.73 Å². The third-order valence-electron chi connectivity index (χ3n) is 2.42. The quantitative estimate of drug-likeness (QED) is 0.637. The third-order valence-corrected chi connectivity index (χ3v) is 2.42. The fourth-order valence-electron chi connectivity index (χ4n) is 1.52. The minimum Gasteiger partial charge on any atom is -0.354 e. The fraction of sp³-hybridized carbons (Fsp3) is 0.500. The standard InChI is InChI=1S/C10H16N8O/c1-17-7-13-9(15-17)2-3-12-10(19)6-18-5-8(4-11)14-16-18/h5,7H,2-4,6,11H2,1H3,(H,12,19). The summed E-state index contributed by atoms with van der Waals surface area (Å²) in [7, 11) is 1.80. The molecule has 0 fully saturated rings. The van der Waals surface area contributed by atoms with Gasteiger partial charge < -0.3 is 11.1 Å². The van der Waals surface area contributed by atoms with Crippen LogP contribution in [0.3, 0.4) is 0 Å². The molecule has 2 heterocycles. The molecule has 3 N–H and O–H groups in total. The number of nitrogens with zero attached hydrogens (tertiary/aromatic N) is 6. The normalized spacial score (nSPS) is 10.6. The van der Waals surface area contributed by atoms with E-state index in [1.165, 1.54) is 4.68 Å². The van der Waals surface area contributed by atoms with Crippen molar-refractivity contribution in [2.45, 2.75) is 19.5 Å². The Kier molecular flexibility index (Phi) is 4.18. The molecule has 0 spiro atoms. The van der Waals surface area contributed by atoms with E-state index in [1.807, 2.05) is 0 Å². The van der Waals surface area contributed by atoms with Crippen molar-refractivity contribution in [1.29, 1.82) is 0 Å². The van der Waals surface area contributed by atoms with Gasteiger partial charge >= 0.3 is 0 Å². The van der Waals surface area contributed by atoms with Crippen molar-refractivity contribution in [2.24, 2.45) is 12.8 Å². The molecule has 102 valence electrons. The number of aryl methyl sites for hydroxylation is 1. The summed E-state index contributed by atoms with van der Waals surface area (Å²) in [6.07, 6.45) is 3.87. The first-order valence-corrected chi connectivity index (χ1v) is 5.87. The highest BCUT2D eigenvalue weighted by Crippen LogP contribution is 1.91. The van der Waals surface area contributed by atoms with Crippen LogP contribution < -0.4 is 11.1 Å². The van der Waals surface area contributed by atoms with E-state index in [-0.39, 0.29) is 12.5 Å². The first-order valence-electron chi connectivity index (χ1n) is 5.87. The Bertz CT molecular complexity index is 545. The lowest BCUT2D eigenvalue weighted by molar-refractivity contribution is -0.121. The van der Waals surface area contributed by atoms with Crippen LogP contribution in [0.1, 0.15) is 11.5 Å². The smallest absolute Gasteiger partial charge is 0.241 e. The molecule has 1 amide bonds. The summed E-state index contributed by atoms with van der Waals surface area (Å²) in [4.78, 5) is 15.7. The Morgan fingerprint density at radius 1 is 1.53 bits per heavy atom. The summed E-state index contributed by atoms with van der Waals surface area (Å²) in [5.74, 6) is 0.568. The summed E-state index contributed by atoms with van der Waals surface area (Å²) in [6, 6.07) is 0. The van der Waals surface area contributed by atoms with Crippen LogP contribution in [0.15, 0.2) is 12.5 Å². The predicted molar refractivity (Wildman–Crippen MR) is 65.6 cm³/mol. The van der Waals surface area contributed by atoms with Crippen molar-refractivity contribution in [2.75, 3.05) is 6.54 Å². The highest BCUT2D eigenvalue weighted by Gasteiger charge is 2.05. The zero-order valence-electron chi connectivity index (χ0n) is 10.7. The van der Waals surface area contributed by atoms with Crippen LogP contribution in [0.2, 0.25) is 0 Å². The molecule has 0 radical (unpaired) electrons. The summed E-state index contributed by atoms with van der Waals surface area (Å²) in [5.41, 5.74) is 6.07. The molecule has 9 heteroatoms. The minimum atomic E-state index is -0.135. The van der Waals surface area contributed by atoms with Gasteiger partial charge in [0, 0.05) is 26.6 Å². The van der Waals surface area contributed by atoms with Crippen LogP contribution in [-0.2, 0) is 31.4 Å². The lowest BCUT2D eigenvalue weighted by Crippen LogP contribution is -2.29. The number of nitrogens with two attached hydrogens (primary N) is 1. The van der Waals surface area contributed by atoms with Crippen molar-refractivity contribution >= 4 is 5.91 Å². The number of carbonyl (C=O) groups excluding carboxylic acids is 1. The second-order valence-corrected chi connectivity index (χ2v) is 4.05. The fourth-order valence-corrected chi connectivity index (χ4v) is 1.52. The van der Waals surface area contributed by atoms with Crippen molar-refractivity contribution < 1.29 is 4.79 Å². The largest absolute Gasteiger partial charge is 0.354 e. The predicted octanol–water partition coefficient (Wildman–Crippen LogP) is -1.78. The molecule has 0 atom stereocenters. The molecular weight excluding hydrogens is 248 g/mol. The van der Waals surface area contributed by atoms with Crippen LogP contribution in [-0.4, -0.2) is 42.2 Å². The maximum atomic E-state index is 11.6. The van der Waals surface area contributed by atoms with Gasteiger partial charge in [-0.05, 0) is 0 Å². The number of amides is 1. The van der Waals surface area contributed by atoms with E-state index < -0.39 is 0 Å². The number of carbonyl (C=O) groups is 1. The highest BCUT2D eigenvalue weighted by molar-refractivity contribution is 5.75. The third kappa shape index (κ3) is 3.85. The van der Waals surface area contributed by atoms with Gasteiger partial charge in [-0.3, -0.25) is 9.48 Å². The molecule has 19 heavy (non-hydrogen) atoms. The Morgan fingerprint density at radius 2 is 2.37 bits per heavy atom. The molecule has 0 saturated heterocycles. The Hall–Kier alpha value is -2.29. The van der Waals surface area contributed by atoms with E-state index in [0.717, 1.165) is 0 Å². The number of hydrogen-bond donors (Lipinski definition) is 2. The number of nitrogens with one attached hydrogen (secondary N) is 1. The van der Waals surface area contributed by atoms with Crippen LogP contribution in [0, 0.1) is 0 Å². The van der Waals surface area contributed by atoms with Gasteiger partial charge in [0.2, 0.25) is 5.91 Å². The van der Waals surface area contributed by atoms with Crippen LogP contribution in [0.25, 0.3) is 0 Å². The molecular formula is C10H16N8O. The van der Waals surface area contributed by atoms with Crippen molar-refractivity contribution in [3.8, 4) is 0 Å². The summed E-state index contributed by atoms with van der Waals surface area (Å²) >= 11 is 0. The molecule has 0 saturated carbocycles. The zero-order chi connectivity index (χ0) is 13.7. The molecule has 2 aromatic rings. The second-order valence-electron chi connectivity index (χ2n) is 4.05. The van der Waals surface area contributed by atoms with Gasteiger partial charge in [-0.2, -0.15) is 5.10 Å². The Morgan fingerprint density at radius 3 is 3.00 bits per heavy atom. The minimum absolute atomic E-state index is 0.128. The Labute approximate surface area is 109 Å². The van der Waals surface area contributed by atoms with E-state index >= 15 is 0 Å². The van der Waals surface area contributed by atoms with Crippen molar-refractivity contribution in [1.82, 2.24) is 35.1 Å². The average molecular weight is 264 g/mol. The lowest BCUT2D eigenvalue weighted by Gasteiger charge is -2.03. The molecule has 0 aliphatic heterocycles. The van der Waals surface area contributed by atoms with Crippen LogP contribution >= 0.6 is 0 Å². The number of rotatable bonds is 6. The molecule has 0 unspecified atom stereocenters. The van der Waals surface area contributed by atoms with Crippen molar-refractivity contribution in [3.05, 3.63) is 24.0 Å². The monoisotopic (exact) mass is 264 g/mol. The average Bonchev–Trinajstić information content (AvgIpc) is 2.98. The molecule has 9 nitrogen and oxygen atoms in total. The molecule has 0 aliphatic rings. The number of aromatic nitrogens is 6. The SMILES string of the molecule is Cn1cnc(CCNC(=O)Cn2cc(CN)nn2)n1. The van der Waals surface area contributed by atoms with Gasteiger partial charge in [0.15, 0.2) is 5.82 Å². The van der Waals surface area contributed by atoms with Gasteiger partial charge in [-0.25, -0.2) is 9.67 Å². The van der Waals surface area contributed by atoms with E-state index in [1.54, 1.807) is 24.3 Å². The molecule has 0 aromatic carbocycles. The summed E-state index contributed by atoms with van der Waals surface area (Å²) < 4.78 is 3.08. The highest BCUT2D eigenvalue weighted by atomic mass is 16.2. The van der Waals surface area contributed by atoms with Crippen LogP contribution in [0.4, 0.5) is 0 Å². The maximum absolute atomic E-state index is 11.6. The maximum Gasteiger partial charge on any atom is 0.241 e. The molecule has 2 rings (SSSR count). The van der Waals surface area contributed by atoms with E-state index in [2.05, 4.69) is 25.7 Å². The summed E-state index contributed by atoms with van der Waals surface area (Å²) in [5, 5.41) is 14.5. The van der Waals surface area contributed by atoms with Gasteiger partial charge in [0.05, 0.1) is 11.9 Å². The van der Waals surface area contributed by atoms with E-state index in [9.17, 15) is 4.79 Å². The lowest BCUT2D eigenvalue weighted by atomic mass is 10.4. The number of hydrogen-bond acceptors (Lipinski definition) is 6. The van der Waals surface area contributed by atoms with Gasteiger partial charge in [-0.15, -0.1) is 5.10 Å². The first kappa shape index (κ1) is 13.1. The van der Waals surface area contributed by atoms with Crippen molar-refractivity contribution in [3.63, 3.8) is 0 Å².